The third-order valence-corrected chi connectivity index (χ3v) is 4.15. The van der Waals surface area contributed by atoms with Crippen molar-refractivity contribution in [1.82, 2.24) is 0 Å². The van der Waals surface area contributed by atoms with Crippen molar-refractivity contribution in [3.8, 4) is 0 Å². The number of para-hydroxylation sites is 1. The Morgan fingerprint density at radius 3 is 1.91 bits per heavy atom. The minimum absolute atomic E-state index is 0.972. The van der Waals surface area contributed by atoms with E-state index in [2.05, 4.69) is 83.7 Å². The molecule has 0 aromatic heterocycles. The molecule has 1 aliphatic heterocycles. The second-order valence-electron chi connectivity index (χ2n) is 5.43. The van der Waals surface area contributed by atoms with Crippen LogP contribution in [0.3, 0.4) is 0 Å². The third-order valence-electron chi connectivity index (χ3n) is 4.15. The average molecular weight is 293 g/mol. The lowest BCUT2D eigenvalue weighted by Gasteiger charge is -2.23. The zero-order chi connectivity index (χ0) is 15.4. The maximum Gasteiger partial charge on any atom is 0.208 e. The smallest absolute Gasteiger partial charge is 0.208 e. The van der Waals surface area contributed by atoms with E-state index in [-0.39, 0.29) is 0 Å². The molecule has 114 valence electrons. The van der Waals surface area contributed by atoms with Gasteiger partial charge in [-0.3, -0.25) is 0 Å². The fraction of sp³-hybridized carbons (Fsp3) is 0.316. The maximum absolute atomic E-state index is 3.45. The molecular formula is C19H23N3. The number of anilines is 3. The van der Waals surface area contributed by atoms with Crippen LogP contribution in [-0.2, 0) is 0 Å². The molecule has 1 fully saturated rings. The molecule has 0 unspecified atom stereocenters. The van der Waals surface area contributed by atoms with Gasteiger partial charge in [0.1, 0.15) is 0 Å². The van der Waals surface area contributed by atoms with Crippen LogP contribution >= 0.6 is 0 Å². The zero-order valence-corrected chi connectivity index (χ0v) is 13.4. The fourth-order valence-corrected chi connectivity index (χ4v) is 2.86. The molecule has 3 nitrogen and oxygen atoms in total. The van der Waals surface area contributed by atoms with Crippen molar-refractivity contribution in [2.75, 3.05) is 40.9 Å². The fourth-order valence-electron chi connectivity index (χ4n) is 2.86. The van der Waals surface area contributed by atoms with E-state index < -0.39 is 0 Å². The first-order valence-electron chi connectivity index (χ1n) is 8.03. The van der Waals surface area contributed by atoms with Gasteiger partial charge < -0.3 is 14.7 Å². The van der Waals surface area contributed by atoms with Gasteiger partial charge in [-0.25, -0.2) is 0 Å². The normalized spacial score (nSPS) is 14.5. The number of benzene rings is 2. The minimum Gasteiger partial charge on any atom is -0.372 e. The van der Waals surface area contributed by atoms with E-state index in [1.807, 2.05) is 6.07 Å². The Morgan fingerprint density at radius 1 is 0.818 bits per heavy atom. The van der Waals surface area contributed by atoms with E-state index in [4.69, 9.17) is 0 Å². The Labute approximate surface area is 133 Å². The molecule has 0 amide bonds. The second-order valence-corrected chi connectivity index (χ2v) is 5.43. The number of rotatable bonds is 5. The lowest BCUT2D eigenvalue weighted by Crippen LogP contribution is -2.22. The van der Waals surface area contributed by atoms with Gasteiger partial charge >= 0.3 is 0 Å². The molecule has 0 N–H and O–H groups in total. The molecule has 2 aromatic carbocycles. The third kappa shape index (κ3) is 3.03. The van der Waals surface area contributed by atoms with Crippen molar-refractivity contribution < 1.29 is 0 Å². The molecule has 0 bridgehead atoms. The van der Waals surface area contributed by atoms with Gasteiger partial charge in [0.05, 0.1) is 0 Å². The molecule has 2 radical (unpaired) electrons. The quantitative estimate of drug-likeness (QED) is 0.829. The highest BCUT2D eigenvalue weighted by atomic mass is 15.4. The first-order chi connectivity index (χ1) is 10.8. The molecule has 0 aliphatic carbocycles. The van der Waals surface area contributed by atoms with Crippen LogP contribution in [0.25, 0.3) is 0 Å². The molecule has 0 atom stereocenters. The summed E-state index contributed by atoms with van der Waals surface area (Å²) in [6.07, 6.45) is 0. The van der Waals surface area contributed by atoms with Crippen LogP contribution in [0.5, 0.6) is 0 Å². The Kier molecular flexibility index (Phi) is 4.52. The van der Waals surface area contributed by atoms with Gasteiger partial charge in [0.2, 0.25) is 6.67 Å². The van der Waals surface area contributed by atoms with Crippen molar-refractivity contribution >= 4 is 17.1 Å². The summed E-state index contributed by atoms with van der Waals surface area (Å²) in [7, 11) is 0. The first kappa shape index (κ1) is 14.8. The highest BCUT2D eigenvalue weighted by Gasteiger charge is 2.22. The van der Waals surface area contributed by atoms with Crippen molar-refractivity contribution in [3.05, 3.63) is 61.3 Å². The standard InChI is InChI=1S/C19H23N3/c1-3-20(4-2)18-10-12-19(13-11-18)22-15-14-21(16-22)17-8-6-5-7-9-17/h5-13H,3-4,14-15H2,1-2H3. The Morgan fingerprint density at radius 2 is 1.36 bits per heavy atom. The summed E-state index contributed by atoms with van der Waals surface area (Å²) < 4.78 is 0. The van der Waals surface area contributed by atoms with Crippen molar-refractivity contribution in [2.24, 2.45) is 0 Å². The molecule has 1 saturated heterocycles. The van der Waals surface area contributed by atoms with Crippen LogP contribution in [-0.4, -0.2) is 26.2 Å². The van der Waals surface area contributed by atoms with Gasteiger partial charge in [-0.2, -0.15) is 0 Å². The molecule has 3 rings (SSSR count). The van der Waals surface area contributed by atoms with Gasteiger partial charge in [0.15, 0.2) is 0 Å². The van der Waals surface area contributed by atoms with Crippen LogP contribution in [0.15, 0.2) is 54.6 Å². The van der Waals surface area contributed by atoms with Gasteiger partial charge in [0, 0.05) is 43.2 Å². The summed E-state index contributed by atoms with van der Waals surface area (Å²) in [5.74, 6) is 0. The maximum atomic E-state index is 3.45. The van der Waals surface area contributed by atoms with E-state index >= 15 is 0 Å². The topological polar surface area (TPSA) is 9.72 Å². The van der Waals surface area contributed by atoms with E-state index in [0.717, 1.165) is 26.2 Å². The molecule has 3 heteroatoms. The van der Waals surface area contributed by atoms with Gasteiger partial charge in [-0.1, -0.05) is 18.2 Å². The lowest BCUT2D eigenvalue weighted by atomic mass is 10.2. The van der Waals surface area contributed by atoms with Gasteiger partial charge in [-0.15, -0.1) is 0 Å². The van der Waals surface area contributed by atoms with Crippen LogP contribution in [0.2, 0.25) is 0 Å². The molecule has 22 heavy (non-hydrogen) atoms. The first-order valence-corrected chi connectivity index (χ1v) is 8.03. The highest BCUT2D eigenvalue weighted by molar-refractivity contribution is 5.61. The Hall–Kier alpha value is -2.16. The SMILES string of the molecule is CCN(CC)c1ccc(N2[C]N(c3ccccc3)CC2)cc1. The molecule has 0 spiro atoms. The predicted octanol–water partition coefficient (Wildman–Crippen LogP) is 3.86. The summed E-state index contributed by atoms with van der Waals surface area (Å²) in [5.41, 5.74) is 3.69. The number of hydrogen-bond donors (Lipinski definition) is 0. The summed E-state index contributed by atoms with van der Waals surface area (Å²) in [4.78, 5) is 6.73. The van der Waals surface area contributed by atoms with Gasteiger partial charge in [0.25, 0.3) is 0 Å². The molecule has 2 aromatic rings. The monoisotopic (exact) mass is 293 g/mol. The average Bonchev–Trinajstić information content (AvgIpc) is 3.07. The van der Waals surface area contributed by atoms with E-state index in [9.17, 15) is 0 Å². The van der Waals surface area contributed by atoms with Crippen molar-refractivity contribution in [2.45, 2.75) is 13.8 Å². The summed E-state index contributed by atoms with van der Waals surface area (Å²) in [5, 5.41) is 0. The summed E-state index contributed by atoms with van der Waals surface area (Å²) in [6.45, 7) is 11.9. The minimum atomic E-state index is 0.972. The zero-order valence-electron chi connectivity index (χ0n) is 13.4. The molecule has 1 aliphatic rings. The molecular weight excluding hydrogens is 270 g/mol. The van der Waals surface area contributed by atoms with Crippen molar-refractivity contribution in [3.63, 3.8) is 0 Å². The predicted molar refractivity (Wildman–Crippen MR) is 94.4 cm³/mol. The van der Waals surface area contributed by atoms with Crippen LogP contribution in [0.1, 0.15) is 13.8 Å². The van der Waals surface area contributed by atoms with E-state index in [0.29, 0.717) is 0 Å². The van der Waals surface area contributed by atoms with Crippen LogP contribution in [0.4, 0.5) is 17.1 Å². The molecule has 0 saturated carbocycles. The number of hydrogen-bond acceptors (Lipinski definition) is 3. The lowest BCUT2D eigenvalue weighted by molar-refractivity contribution is 0.866. The number of nitrogens with zero attached hydrogens (tertiary/aromatic N) is 3. The van der Waals surface area contributed by atoms with Crippen LogP contribution in [0, 0.1) is 6.67 Å². The highest BCUT2D eigenvalue weighted by Crippen LogP contribution is 2.27. The van der Waals surface area contributed by atoms with Crippen LogP contribution < -0.4 is 14.7 Å². The Balaban J connectivity index is 1.68. The summed E-state index contributed by atoms with van der Waals surface area (Å²) in [6, 6.07) is 19.2. The van der Waals surface area contributed by atoms with Gasteiger partial charge in [-0.05, 0) is 50.2 Å². The van der Waals surface area contributed by atoms with E-state index in [1.165, 1.54) is 17.1 Å². The van der Waals surface area contributed by atoms with E-state index in [1.54, 1.807) is 0 Å². The largest absolute Gasteiger partial charge is 0.372 e. The summed E-state index contributed by atoms with van der Waals surface area (Å²) >= 11 is 0. The Bertz CT molecular complexity index is 575. The van der Waals surface area contributed by atoms with Crippen molar-refractivity contribution in [1.29, 1.82) is 0 Å². The second kappa shape index (κ2) is 6.73. The molecule has 1 heterocycles.